The van der Waals surface area contributed by atoms with E-state index in [2.05, 4.69) is 38.2 Å². The second kappa shape index (κ2) is 9.17. The lowest BCUT2D eigenvalue weighted by Crippen LogP contribution is -2.56. The molecule has 0 bridgehead atoms. The smallest absolute Gasteiger partial charge is 0.256 e. The maximum atomic E-state index is 14.8. The lowest BCUT2D eigenvalue weighted by molar-refractivity contribution is -0.148. The van der Waals surface area contributed by atoms with Crippen molar-refractivity contribution in [3.63, 3.8) is 0 Å². The Hall–Kier alpha value is -3.15. The van der Waals surface area contributed by atoms with E-state index in [1.165, 1.54) is 22.3 Å². The van der Waals surface area contributed by atoms with Gasteiger partial charge in [0.15, 0.2) is 0 Å². The summed E-state index contributed by atoms with van der Waals surface area (Å²) in [6.07, 6.45) is 9.36. The molecule has 42 heavy (non-hydrogen) atoms. The number of phenolic OH excluding ortho intramolecular Hbond substituents is 1. The van der Waals surface area contributed by atoms with Gasteiger partial charge in [-0.25, -0.2) is 0 Å². The lowest BCUT2D eigenvalue weighted by Gasteiger charge is -2.55. The second-order valence-electron chi connectivity index (χ2n) is 14.6. The molecule has 6 heteroatoms. The van der Waals surface area contributed by atoms with E-state index in [-0.39, 0.29) is 46.1 Å². The van der Waals surface area contributed by atoms with Gasteiger partial charge in [0.2, 0.25) is 11.8 Å². The number of hydrogen-bond donors (Lipinski definition) is 2. The normalized spacial score (nSPS) is 36.4. The molecule has 2 unspecified atom stereocenters. The van der Waals surface area contributed by atoms with Crippen LogP contribution in [0.4, 0.5) is 5.69 Å². The van der Waals surface area contributed by atoms with Crippen molar-refractivity contribution in [3.8, 4) is 5.75 Å². The number of aryl methyl sites for hydroxylation is 2. The van der Waals surface area contributed by atoms with Gasteiger partial charge in [-0.1, -0.05) is 46.2 Å². The third-order valence-electron chi connectivity index (χ3n) is 12.6. The highest BCUT2D eigenvalue weighted by Gasteiger charge is 2.75. The van der Waals surface area contributed by atoms with Crippen molar-refractivity contribution in [2.24, 2.45) is 17.3 Å². The van der Waals surface area contributed by atoms with E-state index < -0.39 is 11.0 Å². The zero-order chi connectivity index (χ0) is 29.7. The fourth-order valence-corrected chi connectivity index (χ4v) is 10.5. The van der Waals surface area contributed by atoms with Crippen LogP contribution in [0.25, 0.3) is 0 Å². The van der Waals surface area contributed by atoms with Crippen molar-refractivity contribution in [3.05, 3.63) is 58.7 Å². The molecule has 1 heterocycles. The topological polar surface area (TPSA) is 86.5 Å². The predicted molar refractivity (Wildman–Crippen MR) is 162 cm³/mol. The first-order valence-corrected chi connectivity index (χ1v) is 16.1. The number of fused-ring (bicyclic) bond motifs is 7. The number of anilines is 1. The molecule has 4 aliphatic carbocycles. The third-order valence-corrected chi connectivity index (χ3v) is 12.6. The highest BCUT2D eigenvalue weighted by atomic mass is 16.3. The standard InChI is InChI=1S/C36H44N2O4/c1-5-30(40)37-24-12-8-22-11-15-29-34(3,26(22)20-24)17-7-19-36(29)32(42)38(36)31(41)35(4)18-6-16-33(2)27-21-25(39)13-9-23(27)10-14-28(33)35/h8-9,12-13,20-21,28-29,39H,5-7,10-11,14-19H2,1-4H3,(H,37,40)/t28?,29?,33-,34-,35+,36-,38?/m1/s1. The van der Waals surface area contributed by atoms with Crippen LogP contribution in [0.2, 0.25) is 0 Å². The monoisotopic (exact) mass is 568 g/mol. The van der Waals surface area contributed by atoms with Crippen LogP contribution in [0.15, 0.2) is 36.4 Å². The summed E-state index contributed by atoms with van der Waals surface area (Å²) < 4.78 is 0. The van der Waals surface area contributed by atoms with E-state index in [0.717, 1.165) is 69.9 Å². The summed E-state index contributed by atoms with van der Waals surface area (Å²) in [5, 5.41) is 13.4. The second-order valence-corrected chi connectivity index (χ2v) is 14.6. The molecule has 7 rings (SSSR count). The number of carbonyl (C=O) groups excluding carboxylic acids is 3. The van der Waals surface area contributed by atoms with Crippen LogP contribution in [0, 0.1) is 17.3 Å². The van der Waals surface area contributed by atoms with Crippen LogP contribution in [0.3, 0.4) is 0 Å². The molecule has 6 atom stereocenters. The van der Waals surface area contributed by atoms with Gasteiger partial charge in [-0.15, -0.1) is 0 Å². The summed E-state index contributed by atoms with van der Waals surface area (Å²) in [6, 6.07) is 12.0. The molecule has 6 nitrogen and oxygen atoms in total. The first-order chi connectivity index (χ1) is 20.0. The molecular formula is C36H44N2O4. The molecule has 3 amide bonds. The predicted octanol–water partition coefficient (Wildman–Crippen LogP) is 6.56. The molecule has 2 aromatic carbocycles. The van der Waals surface area contributed by atoms with Crippen molar-refractivity contribution >= 4 is 23.4 Å². The van der Waals surface area contributed by atoms with Crippen molar-refractivity contribution in [1.82, 2.24) is 4.90 Å². The quantitative estimate of drug-likeness (QED) is 0.324. The number of rotatable bonds is 3. The molecule has 1 spiro atoms. The Balaban J connectivity index is 1.22. The molecule has 222 valence electrons. The number of benzene rings is 2. The number of nitrogens with one attached hydrogen (secondary N) is 1. The van der Waals surface area contributed by atoms with Crippen LogP contribution in [0.5, 0.6) is 5.75 Å². The van der Waals surface area contributed by atoms with Gasteiger partial charge in [0.25, 0.3) is 5.91 Å². The van der Waals surface area contributed by atoms with Crippen molar-refractivity contribution < 1.29 is 19.5 Å². The number of aromatic hydroxyl groups is 1. The maximum Gasteiger partial charge on any atom is 0.256 e. The van der Waals surface area contributed by atoms with Crippen LogP contribution >= 0.6 is 0 Å². The fraction of sp³-hybridized carbons (Fsp3) is 0.583. The summed E-state index contributed by atoms with van der Waals surface area (Å²) in [5.41, 5.74) is 4.04. The van der Waals surface area contributed by atoms with E-state index >= 15 is 0 Å². The molecule has 0 radical (unpaired) electrons. The Kier molecular flexibility index (Phi) is 6.04. The molecule has 2 aromatic rings. The summed E-state index contributed by atoms with van der Waals surface area (Å²) in [5.74, 6) is 0.539. The van der Waals surface area contributed by atoms with Crippen molar-refractivity contribution in [1.29, 1.82) is 0 Å². The first-order valence-electron chi connectivity index (χ1n) is 16.1. The fourth-order valence-electron chi connectivity index (χ4n) is 10.5. The minimum Gasteiger partial charge on any atom is -0.508 e. The molecule has 0 aromatic heterocycles. The average molecular weight is 569 g/mol. The SMILES string of the molecule is CCC(=O)Nc1ccc2c(c1)[C@@]1(C)CCC[C@]3(C(=O)N3C(=O)[C@@]3(C)CCC[C@]4(C)c5cc(O)ccc5CCC34)C1CC2. The van der Waals surface area contributed by atoms with E-state index in [1.54, 1.807) is 11.0 Å². The highest BCUT2D eigenvalue weighted by Crippen LogP contribution is 2.65. The van der Waals surface area contributed by atoms with E-state index in [9.17, 15) is 19.5 Å². The van der Waals surface area contributed by atoms with Crippen LogP contribution in [-0.4, -0.2) is 33.3 Å². The largest absolute Gasteiger partial charge is 0.508 e. The highest BCUT2D eigenvalue weighted by molar-refractivity contribution is 6.17. The molecule has 1 aliphatic heterocycles. The van der Waals surface area contributed by atoms with Gasteiger partial charge < -0.3 is 10.4 Å². The Bertz CT molecular complexity index is 1520. The lowest BCUT2D eigenvalue weighted by atomic mass is 9.49. The van der Waals surface area contributed by atoms with Gasteiger partial charge in [0.1, 0.15) is 11.3 Å². The summed E-state index contributed by atoms with van der Waals surface area (Å²) in [4.78, 5) is 42.8. The van der Waals surface area contributed by atoms with Gasteiger partial charge in [-0.3, -0.25) is 19.3 Å². The van der Waals surface area contributed by atoms with E-state index in [4.69, 9.17) is 0 Å². The zero-order valence-corrected chi connectivity index (χ0v) is 25.5. The number of nitrogens with zero attached hydrogens (tertiary/aromatic N) is 1. The van der Waals surface area contributed by atoms with E-state index in [0.29, 0.717) is 6.42 Å². The van der Waals surface area contributed by atoms with Gasteiger partial charge in [-0.2, -0.15) is 0 Å². The van der Waals surface area contributed by atoms with Gasteiger partial charge in [0.05, 0.1) is 5.41 Å². The number of carbonyl (C=O) groups is 3. The summed E-state index contributed by atoms with van der Waals surface area (Å²) in [6.45, 7) is 8.56. The Morgan fingerprint density at radius 1 is 0.881 bits per heavy atom. The minimum atomic E-state index is -0.716. The number of hydrogen-bond acceptors (Lipinski definition) is 4. The Labute approximate surface area is 249 Å². The molecule has 2 saturated carbocycles. The van der Waals surface area contributed by atoms with Gasteiger partial charge >= 0.3 is 0 Å². The average Bonchev–Trinajstić information content (AvgIpc) is 3.54. The van der Waals surface area contributed by atoms with Gasteiger partial charge in [-0.05, 0) is 121 Å². The molecular weight excluding hydrogens is 524 g/mol. The minimum absolute atomic E-state index is 0.00464. The molecule has 5 aliphatic rings. The van der Waals surface area contributed by atoms with Crippen molar-refractivity contribution in [2.75, 3.05) is 5.32 Å². The number of phenols is 1. The number of amides is 3. The van der Waals surface area contributed by atoms with E-state index in [1.807, 2.05) is 25.1 Å². The van der Waals surface area contributed by atoms with Crippen LogP contribution < -0.4 is 5.32 Å². The van der Waals surface area contributed by atoms with Crippen molar-refractivity contribution in [2.45, 2.75) is 115 Å². The first kappa shape index (κ1) is 27.7. The maximum absolute atomic E-state index is 14.8. The zero-order valence-electron chi connectivity index (χ0n) is 25.5. The van der Waals surface area contributed by atoms with Crippen LogP contribution in [-0.2, 0) is 38.1 Å². The van der Waals surface area contributed by atoms with Gasteiger partial charge in [0, 0.05) is 18.0 Å². The molecule has 3 fully saturated rings. The molecule has 1 saturated heterocycles. The summed E-state index contributed by atoms with van der Waals surface area (Å²) >= 11 is 0. The van der Waals surface area contributed by atoms with Crippen LogP contribution in [0.1, 0.15) is 108 Å². The third kappa shape index (κ3) is 3.59. The Morgan fingerprint density at radius 2 is 1.50 bits per heavy atom. The summed E-state index contributed by atoms with van der Waals surface area (Å²) in [7, 11) is 0. The Morgan fingerprint density at radius 3 is 2.21 bits per heavy atom. The molecule has 2 N–H and O–H groups in total. The number of imide groups is 1.